The van der Waals surface area contributed by atoms with Gasteiger partial charge in [0.15, 0.2) is 0 Å². The highest BCUT2D eigenvalue weighted by atomic mass is 16.5. The Morgan fingerprint density at radius 3 is 2.57 bits per heavy atom. The Kier molecular flexibility index (Phi) is 6.29. The summed E-state index contributed by atoms with van der Waals surface area (Å²) in [4.78, 5) is 11.1. The zero-order valence-electron chi connectivity index (χ0n) is 21.3. The second kappa shape index (κ2) is 9.75. The van der Waals surface area contributed by atoms with E-state index in [2.05, 4.69) is 44.2 Å². The SMILES string of the molecule is Cc1cc(O[C@H]2CCOC2)cc(C)c1-c1cccc2c1CC[C@H]2Oc1ccc2c(c1)OC[C@H]2CC(=O)O. The lowest BCUT2D eigenvalue weighted by molar-refractivity contribution is -0.137. The van der Waals surface area contributed by atoms with E-state index in [1.54, 1.807) is 0 Å². The molecule has 1 aliphatic carbocycles. The molecule has 3 atom stereocenters. The number of aliphatic carboxylic acids is 1. The predicted molar refractivity (Wildman–Crippen MR) is 140 cm³/mol. The molecule has 0 radical (unpaired) electrons. The molecule has 192 valence electrons. The number of ether oxygens (including phenoxy) is 4. The van der Waals surface area contributed by atoms with Crippen molar-refractivity contribution in [3.63, 3.8) is 0 Å². The largest absolute Gasteiger partial charge is 0.492 e. The molecule has 2 heterocycles. The molecule has 1 saturated heterocycles. The van der Waals surface area contributed by atoms with Crippen LogP contribution in [0.2, 0.25) is 0 Å². The zero-order valence-corrected chi connectivity index (χ0v) is 21.3. The smallest absolute Gasteiger partial charge is 0.304 e. The molecule has 0 amide bonds. The Labute approximate surface area is 217 Å². The van der Waals surface area contributed by atoms with Gasteiger partial charge >= 0.3 is 5.97 Å². The molecule has 3 aliphatic rings. The molecule has 0 unspecified atom stereocenters. The van der Waals surface area contributed by atoms with Gasteiger partial charge in [-0.3, -0.25) is 4.79 Å². The Morgan fingerprint density at radius 1 is 0.973 bits per heavy atom. The van der Waals surface area contributed by atoms with Gasteiger partial charge in [0.1, 0.15) is 29.5 Å². The zero-order chi connectivity index (χ0) is 25.5. The lowest BCUT2D eigenvalue weighted by atomic mass is 9.90. The van der Waals surface area contributed by atoms with E-state index in [9.17, 15) is 4.79 Å². The van der Waals surface area contributed by atoms with Crippen LogP contribution in [0.5, 0.6) is 17.2 Å². The maximum absolute atomic E-state index is 11.1. The van der Waals surface area contributed by atoms with Crippen molar-refractivity contribution in [1.29, 1.82) is 0 Å². The van der Waals surface area contributed by atoms with Crippen molar-refractivity contribution in [2.24, 2.45) is 0 Å². The van der Waals surface area contributed by atoms with Gasteiger partial charge in [-0.05, 0) is 78.3 Å². The summed E-state index contributed by atoms with van der Waals surface area (Å²) in [5, 5.41) is 9.16. The molecular formula is C31H32O6. The first-order valence-electron chi connectivity index (χ1n) is 13.1. The Hall–Kier alpha value is -3.51. The highest BCUT2D eigenvalue weighted by molar-refractivity contribution is 5.76. The summed E-state index contributed by atoms with van der Waals surface area (Å²) in [6, 6.07) is 16.6. The summed E-state index contributed by atoms with van der Waals surface area (Å²) in [6.45, 7) is 6.14. The number of fused-ring (bicyclic) bond motifs is 2. The summed E-state index contributed by atoms with van der Waals surface area (Å²) in [7, 11) is 0. The van der Waals surface area contributed by atoms with Gasteiger partial charge in [0.2, 0.25) is 0 Å². The minimum atomic E-state index is -0.809. The molecule has 0 bridgehead atoms. The fourth-order valence-electron chi connectivity index (χ4n) is 6.06. The third-order valence-corrected chi connectivity index (χ3v) is 7.75. The van der Waals surface area contributed by atoms with Crippen LogP contribution >= 0.6 is 0 Å². The monoisotopic (exact) mass is 500 g/mol. The van der Waals surface area contributed by atoms with Crippen molar-refractivity contribution in [2.75, 3.05) is 19.8 Å². The van der Waals surface area contributed by atoms with Crippen molar-refractivity contribution < 1.29 is 28.8 Å². The number of carboxylic acids is 1. The van der Waals surface area contributed by atoms with Crippen LogP contribution in [0.1, 0.15) is 59.1 Å². The molecule has 0 saturated carbocycles. The van der Waals surface area contributed by atoms with Crippen molar-refractivity contribution in [2.45, 2.75) is 57.7 Å². The quantitative estimate of drug-likeness (QED) is 0.419. The Balaban J connectivity index is 1.23. The molecule has 0 aromatic heterocycles. The number of hydrogen-bond donors (Lipinski definition) is 1. The number of benzene rings is 3. The maximum atomic E-state index is 11.1. The van der Waals surface area contributed by atoms with Crippen LogP contribution in [0.25, 0.3) is 11.1 Å². The van der Waals surface area contributed by atoms with Gasteiger partial charge in [0.25, 0.3) is 0 Å². The minimum Gasteiger partial charge on any atom is -0.492 e. The van der Waals surface area contributed by atoms with Gasteiger partial charge in [0.05, 0.1) is 26.2 Å². The normalized spacial score (nSPS) is 21.8. The molecule has 0 spiro atoms. The standard InChI is InChI=1S/C31H32O6/c1-18-12-23(36-22-10-11-34-17-22)13-19(2)31(18)27-5-3-4-26-25(27)8-9-28(26)37-21-6-7-24-20(14-30(32)33)16-35-29(24)15-21/h3-7,12-13,15,20,22,28H,8-11,14,16-17H2,1-2H3,(H,32,33)/t20-,22+,28-/m1/s1. The van der Waals surface area contributed by atoms with E-state index in [-0.39, 0.29) is 24.5 Å². The van der Waals surface area contributed by atoms with Crippen LogP contribution in [0.15, 0.2) is 48.5 Å². The van der Waals surface area contributed by atoms with E-state index in [0.29, 0.717) is 13.2 Å². The first kappa shape index (κ1) is 23.9. The first-order chi connectivity index (χ1) is 18.0. The van der Waals surface area contributed by atoms with E-state index in [1.165, 1.54) is 33.4 Å². The number of rotatable bonds is 7. The highest BCUT2D eigenvalue weighted by Crippen LogP contribution is 2.44. The first-order valence-corrected chi connectivity index (χ1v) is 13.1. The van der Waals surface area contributed by atoms with Gasteiger partial charge in [-0.25, -0.2) is 0 Å². The lowest BCUT2D eigenvalue weighted by Crippen LogP contribution is -2.15. The Bertz CT molecular complexity index is 1320. The van der Waals surface area contributed by atoms with Crippen molar-refractivity contribution in [3.05, 3.63) is 76.3 Å². The lowest BCUT2D eigenvalue weighted by Gasteiger charge is -2.19. The fraction of sp³-hybridized carbons (Fsp3) is 0.387. The number of aryl methyl sites for hydroxylation is 2. The van der Waals surface area contributed by atoms with Crippen LogP contribution in [0.4, 0.5) is 0 Å². The Morgan fingerprint density at radius 2 is 1.81 bits per heavy atom. The molecule has 3 aromatic carbocycles. The molecule has 6 rings (SSSR count). The van der Waals surface area contributed by atoms with E-state index in [0.717, 1.165) is 48.7 Å². The van der Waals surface area contributed by atoms with Crippen LogP contribution in [-0.2, 0) is 16.0 Å². The molecule has 2 aliphatic heterocycles. The topological polar surface area (TPSA) is 74.2 Å². The second-order valence-electron chi connectivity index (χ2n) is 10.4. The number of hydrogen-bond acceptors (Lipinski definition) is 5. The molecule has 3 aromatic rings. The van der Waals surface area contributed by atoms with E-state index < -0.39 is 5.97 Å². The van der Waals surface area contributed by atoms with Crippen LogP contribution in [0.3, 0.4) is 0 Å². The van der Waals surface area contributed by atoms with Gasteiger partial charge in [-0.15, -0.1) is 0 Å². The number of carboxylic acid groups (broad SMARTS) is 1. The average molecular weight is 501 g/mol. The van der Waals surface area contributed by atoms with Gasteiger partial charge in [0, 0.05) is 24.0 Å². The summed E-state index contributed by atoms with van der Waals surface area (Å²) in [5.74, 6) is 1.48. The molecular weight excluding hydrogens is 468 g/mol. The second-order valence-corrected chi connectivity index (χ2v) is 10.4. The van der Waals surface area contributed by atoms with Crippen LogP contribution in [0, 0.1) is 13.8 Å². The summed E-state index contributed by atoms with van der Waals surface area (Å²) in [5.41, 5.74) is 8.46. The van der Waals surface area contributed by atoms with Crippen molar-refractivity contribution in [3.8, 4) is 28.4 Å². The molecule has 37 heavy (non-hydrogen) atoms. The summed E-state index contributed by atoms with van der Waals surface area (Å²) >= 11 is 0. The van der Waals surface area contributed by atoms with E-state index in [1.807, 2.05) is 18.2 Å². The highest BCUT2D eigenvalue weighted by Gasteiger charge is 2.30. The summed E-state index contributed by atoms with van der Waals surface area (Å²) in [6.07, 6.45) is 2.98. The van der Waals surface area contributed by atoms with Crippen LogP contribution in [-0.4, -0.2) is 37.0 Å². The number of carbonyl (C=O) groups is 1. The third kappa shape index (κ3) is 4.66. The maximum Gasteiger partial charge on any atom is 0.304 e. The van der Waals surface area contributed by atoms with Gasteiger partial charge in [-0.2, -0.15) is 0 Å². The fourth-order valence-corrected chi connectivity index (χ4v) is 6.06. The van der Waals surface area contributed by atoms with E-state index in [4.69, 9.17) is 24.1 Å². The molecule has 6 nitrogen and oxygen atoms in total. The van der Waals surface area contributed by atoms with Crippen molar-refractivity contribution in [1.82, 2.24) is 0 Å². The molecule has 1 fully saturated rings. The third-order valence-electron chi connectivity index (χ3n) is 7.75. The molecule has 6 heteroatoms. The minimum absolute atomic E-state index is 0.0326. The van der Waals surface area contributed by atoms with Gasteiger partial charge in [-0.1, -0.05) is 24.3 Å². The summed E-state index contributed by atoms with van der Waals surface area (Å²) < 4.78 is 23.9. The predicted octanol–water partition coefficient (Wildman–Crippen LogP) is 6.16. The van der Waals surface area contributed by atoms with Gasteiger partial charge < -0.3 is 24.1 Å². The van der Waals surface area contributed by atoms with Crippen molar-refractivity contribution >= 4 is 5.97 Å². The van der Waals surface area contributed by atoms with E-state index >= 15 is 0 Å². The average Bonchev–Trinajstić information content (AvgIpc) is 3.60. The van der Waals surface area contributed by atoms with Crippen LogP contribution < -0.4 is 14.2 Å². The molecule has 1 N–H and O–H groups in total.